The van der Waals surface area contributed by atoms with Gasteiger partial charge in [-0.05, 0) is 11.3 Å². The molecule has 0 saturated carbocycles. The molecule has 0 amide bonds. The van der Waals surface area contributed by atoms with E-state index in [0.717, 1.165) is 16.1 Å². The highest BCUT2D eigenvalue weighted by Gasteiger charge is 2.09. The van der Waals surface area contributed by atoms with Crippen LogP contribution in [0.3, 0.4) is 0 Å². The van der Waals surface area contributed by atoms with Crippen molar-refractivity contribution >= 4 is 5.97 Å². The van der Waals surface area contributed by atoms with E-state index >= 15 is 0 Å². The molecule has 1 aromatic carbocycles. The summed E-state index contributed by atoms with van der Waals surface area (Å²) in [6.45, 7) is -0.293. The Kier molecular flexibility index (Phi) is 3.52. The number of tetrazole rings is 1. The van der Waals surface area contributed by atoms with Gasteiger partial charge in [0.2, 0.25) is 0 Å². The fourth-order valence-electron chi connectivity index (χ4n) is 1.55. The van der Waals surface area contributed by atoms with Crippen LogP contribution in [-0.2, 0) is 17.8 Å². The third-order valence-corrected chi connectivity index (χ3v) is 2.31. The molecule has 0 spiro atoms. The number of methoxy groups -OCH3 is 1. The fourth-order valence-corrected chi connectivity index (χ4v) is 1.55. The molecule has 0 atom stereocenters. The lowest BCUT2D eigenvalue weighted by molar-refractivity contribution is -0.138. The second-order valence-corrected chi connectivity index (χ2v) is 3.62. The predicted molar refractivity (Wildman–Crippen MR) is 61.3 cm³/mol. The average molecular weight is 248 g/mol. The van der Waals surface area contributed by atoms with Crippen molar-refractivity contribution in [2.75, 3.05) is 7.11 Å². The number of carbonyl (C=O) groups is 1. The van der Waals surface area contributed by atoms with Gasteiger partial charge in [-0.1, -0.05) is 18.2 Å². The Morgan fingerprint density at radius 2 is 2.22 bits per heavy atom. The van der Waals surface area contributed by atoms with Crippen molar-refractivity contribution in [2.45, 2.75) is 13.0 Å². The Balaban J connectivity index is 2.13. The smallest absolute Gasteiger partial charge is 0.327 e. The molecule has 1 aromatic heterocycles. The topological polar surface area (TPSA) is 90.1 Å². The van der Waals surface area contributed by atoms with Crippen molar-refractivity contribution in [3.8, 4) is 5.75 Å². The summed E-state index contributed by atoms with van der Waals surface area (Å²) in [6.07, 6.45) is 0.448. The largest absolute Gasteiger partial charge is 0.496 e. The van der Waals surface area contributed by atoms with E-state index in [1.54, 1.807) is 7.11 Å². The first-order valence-electron chi connectivity index (χ1n) is 5.29. The Morgan fingerprint density at radius 1 is 1.44 bits per heavy atom. The number of para-hydroxylation sites is 1. The number of hydrogen-bond acceptors (Lipinski definition) is 5. The maximum absolute atomic E-state index is 10.5. The summed E-state index contributed by atoms with van der Waals surface area (Å²) in [6, 6.07) is 7.50. The number of aliphatic carboxylic acids is 1. The number of hydrogen-bond donors (Lipinski definition) is 1. The lowest BCUT2D eigenvalue weighted by Gasteiger charge is -2.05. The zero-order valence-corrected chi connectivity index (χ0v) is 9.78. The molecule has 7 nitrogen and oxygen atoms in total. The van der Waals surface area contributed by atoms with Crippen LogP contribution in [0.1, 0.15) is 11.4 Å². The maximum Gasteiger partial charge on any atom is 0.327 e. The first-order valence-corrected chi connectivity index (χ1v) is 5.29. The third kappa shape index (κ3) is 2.82. The molecular weight excluding hydrogens is 236 g/mol. The van der Waals surface area contributed by atoms with Crippen LogP contribution in [0, 0.1) is 0 Å². The molecule has 0 radical (unpaired) electrons. The van der Waals surface area contributed by atoms with Gasteiger partial charge in [0.15, 0.2) is 12.4 Å². The van der Waals surface area contributed by atoms with E-state index in [1.807, 2.05) is 24.3 Å². The van der Waals surface area contributed by atoms with E-state index in [2.05, 4.69) is 15.4 Å². The SMILES string of the molecule is COc1ccccc1Cc1nnn(CC(=O)O)n1. The molecule has 0 unspecified atom stereocenters. The quantitative estimate of drug-likeness (QED) is 0.821. The first kappa shape index (κ1) is 12.0. The van der Waals surface area contributed by atoms with Crippen LogP contribution in [-0.4, -0.2) is 38.4 Å². The summed E-state index contributed by atoms with van der Waals surface area (Å²) in [7, 11) is 1.59. The van der Waals surface area contributed by atoms with Gasteiger partial charge >= 0.3 is 5.97 Å². The van der Waals surface area contributed by atoms with Crippen LogP contribution < -0.4 is 4.74 Å². The number of rotatable bonds is 5. The molecule has 0 aliphatic rings. The van der Waals surface area contributed by atoms with Crippen LogP contribution in [0.2, 0.25) is 0 Å². The summed E-state index contributed by atoms with van der Waals surface area (Å²) in [5.41, 5.74) is 0.926. The van der Waals surface area contributed by atoms with Crippen molar-refractivity contribution in [3.63, 3.8) is 0 Å². The summed E-state index contributed by atoms with van der Waals surface area (Å²) >= 11 is 0. The molecule has 94 valence electrons. The second kappa shape index (κ2) is 5.26. The highest BCUT2D eigenvalue weighted by atomic mass is 16.5. The van der Waals surface area contributed by atoms with Gasteiger partial charge in [0.1, 0.15) is 5.75 Å². The molecular formula is C11H12N4O3. The van der Waals surface area contributed by atoms with Gasteiger partial charge in [0, 0.05) is 12.0 Å². The summed E-state index contributed by atoms with van der Waals surface area (Å²) in [5, 5.41) is 20.0. The summed E-state index contributed by atoms with van der Waals surface area (Å²) in [5.74, 6) is 0.198. The standard InChI is InChI=1S/C11H12N4O3/c1-18-9-5-3-2-4-8(9)6-10-12-14-15(13-10)7-11(16)17/h2-5H,6-7H2,1H3,(H,16,17). The van der Waals surface area contributed by atoms with E-state index in [1.165, 1.54) is 0 Å². The lowest BCUT2D eigenvalue weighted by atomic mass is 10.1. The van der Waals surface area contributed by atoms with Crippen molar-refractivity contribution in [2.24, 2.45) is 0 Å². The van der Waals surface area contributed by atoms with Gasteiger partial charge in [0.25, 0.3) is 0 Å². The Bertz CT molecular complexity index is 553. The number of ether oxygens (including phenoxy) is 1. The number of carboxylic acid groups (broad SMARTS) is 1. The van der Waals surface area contributed by atoms with Crippen molar-refractivity contribution < 1.29 is 14.6 Å². The second-order valence-electron chi connectivity index (χ2n) is 3.62. The van der Waals surface area contributed by atoms with Gasteiger partial charge in [-0.2, -0.15) is 4.80 Å². The number of nitrogens with zero attached hydrogens (tertiary/aromatic N) is 4. The van der Waals surface area contributed by atoms with E-state index in [4.69, 9.17) is 9.84 Å². The molecule has 0 bridgehead atoms. The minimum absolute atomic E-state index is 0.293. The van der Waals surface area contributed by atoms with Crippen LogP contribution in [0.15, 0.2) is 24.3 Å². The molecule has 1 N–H and O–H groups in total. The van der Waals surface area contributed by atoms with E-state index in [-0.39, 0.29) is 6.54 Å². The normalized spacial score (nSPS) is 10.3. The molecule has 0 aliphatic heterocycles. The fraction of sp³-hybridized carbons (Fsp3) is 0.273. The van der Waals surface area contributed by atoms with Crippen molar-refractivity contribution in [1.29, 1.82) is 0 Å². The molecule has 0 aliphatic carbocycles. The van der Waals surface area contributed by atoms with Crippen molar-refractivity contribution in [1.82, 2.24) is 20.2 Å². The molecule has 2 rings (SSSR count). The average Bonchev–Trinajstić information content (AvgIpc) is 2.76. The van der Waals surface area contributed by atoms with Gasteiger partial charge in [-0.25, -0.2) is 0 Å². The molecule has 2 aromatic rings. The Labute approximate surface area is 103 Å². The van der Waals surface area contributed by atoms with E-state index in [9.17, 15) is 4.79 Å². The monoisotopic (exact) mass is 248 g/mol. The third-order valence-electron chi connectivity index (χ3n) is 2.31. The molecule has 0 fully saturated rings. The zero-order chi connectivity index (χ0) is 13.0. The van der Waals surface area contributed by atoms with E-state index < -0.39 is 5.97 Å². The highest BCUT2D eigenvalue weighted by molar-refractivity contribution is 5.66. The van der Waals surface area contributed by atoms with Gasteiger partial charge in [-0.3, -0.25) is 4.79 Å². The number of carboxylic acids is 1. The minimum atomic E-state index is -1.00. The van der Waals surface area contributed by atoms with Crippen LogP contribution >= 0.6 is 0 Å². The molecule has 1 heterocycles. The molecule has 18 heavy (non-hydrogen) atoms. The van der Waals surface area contributed by atoms with Gasteiger partial charge in [-0.15, -0.1) is 10.2 Å². The number of aromatic nitrogens is 4. The maximum atomic E-state index is 10.5. The Morgan fingerprint density at radius 3 is 2.94 bits per heavy atom. The number of benzene rings is 1. The molecule has 0 saturated heterocycles. The lowest BCUT2D eigenvalue weighted by Crippen LogP contribution is -2.11. The van der Waals surface area contributed by atoms with Gasteiger partial charge in [0.05, 0.1) is 7.11 Å². The molecule has 7 heteroatoms. The van der Waals surface area contributed by atoms with Gasteiger partial charge < -0.3 is 9.84 Å². The minimum Gasteiger partial charge on any atom is -0.496 e. The highest BCUT2D eigenvalue weighted by Crippen LogP contribution is 2.19. The predicted octanol–water partition coefficient (Wildman–Crippen LogP) is 0.357. The van der Waals surface area contributed by atoms with Crippen molar-refractivity contribution in [3.05, 3.63) is 35.7 Å². The van der Waals surface area contributed by atoms with Crippen LogP contribution in [0.4, 0.5) is 0 Å². The Hall–Kier alpha value is -2.44. The first-order chi connectivity index (χ1) is 8.69. The van der Waals surface area contributed by atoms with E-state index in [0.29, 0.717) is 12.2 Å². The summed E-state index contributed by atoms with van der Waals surface area (Å²) < 4.78 is 5.21. The zero-order valence-electron chi connectivity index (χ0n) is 9.78. The van der Waals surface area contributed by atoms with Crippen LogP contribution in [0.25, 0.3) is 0 Å². The van der Waals surface area contributed by atoms with Crippen LogP contribution in [0.5, 0.6) is 5.75 Å². The summed E-state index contributed by atoms with van der Waals surface area (Å²) in [4.78, 5) is 11.5.